The van der Waals surface area contributed by atoms with Gasteiger partial charge in [-0.2, -0.15) is 18.3 Å². The van der Waals surface area contributed by atoms with Crippen molar-refractivity contribution in [3.05, 3.63) is 155 Å². The molecule has 0 radical (unpaired) electrons. The third-order valence-electron chi connectivity index (χ3n) is 12.5. The van der Waals surface area contributed by atoms with Crippen molar-refractivity contribution in [1.82, 2.24) is 0 Å². The molecule has 0 fully saturated rings. The predicted octanol–water partition coefficient (Wildman–Crippen LogP) is 11.7. The van der Waals surface area contributed by atoms with E-state index in [1.165, 1.54) is 32.7 Å². The van der Waals surface area contributed by atoms with E-state index in [-0.39, 0.29) is 24.0 Å². The second-order valence-electron chi connectivity index (χ2n) is 17.1. The molecule has 0 spiro atoms. The molecule has 5 aromatic carbocycles. The Balaban J connectivity index is 1.23. The van der Waals surface area contributed by atoms with Crippen molar-refractivity contribution in [2.75, 3.05) is 31.2 Å². The lowest BCUT2D eigenvalue weighted by atomic mass is 9.78. The average molecular weight is 915 g/mol. The molecule has 8 rings (SSSR count). The van der Waals surface area contributed by atoms with E-state index in [1.54, 1.807) is 0 Å². The van der Waals surface area contributed by atoms with E-state index in [0.717, 1.165) is 75.6 Å². The van der Waals surface area contributed by atoms with Crippen LogP contribution in [-0.4, -0.2) is 54.1 Å². The Labute approximate surface area is 384 Å². The summed E-state index contributed by atoms with van der Waals surface area (Å²) in [7, 11) is 0. The molecule has 0 saturated heterocycles. The van der Waals surface area contributed by atoms with E-state index in [1.807, 2.05) is 24.3 Å². The van der Waals surface area contributed by atoms with Crippen LogP contribution in [-0.2, 0) is 41.9 Å². The fraction of sp³-hybridized carbons (Fsp3) is 0.294. The molecule has 2 atom stereocenters. The number of anilines is 1. The quantitative estimate of drug-likeness (QED) is 0.0324. The summed E-state index contributed by atoms with van der Waals surface area (Å²) in [4.78, 5) is 3.15. The Kier molecular flexibility index (Phi) is 13.8. The number of allylic oxidation sites excluding steroid dienone is 7. The van der Waals surface area contributed by atoms with Crippen LogP contribution in [0.5, 0.6) is 5.75 Å². The van der Waals surface area contributed by atoms with E-state index in [9.17, 15) is 22.8 Å². The molecule has 64 heavy (non-hydrogen) atoms. The summed E-state index contributed by atoms with van der Waals surface area (Å²) in [5.74, 6) is 1.45. The van der Waals surface area contributed by atoms with Gasteiger partial charge < -0.3 is 9.64 Å². The van der Waals surface area contributed by atoms with E-state index in [0.29, 0.717) is 31.7 Å². The topological polar surface area (TPSA) is 132 Å². The fourth-order valence-electron chi connectivity index (χ4n) is 9.72. The largest absolute Gasteiger partial charge is 0.457 e. The summed E-state index contributed by atoms with van der Waals surface area (Å²) in [6, 6.07) is 33.2. The van der Waals surface area contributed by atoms with Gasteiger partial charge in [-0.25, -0.2) is 0 Å². The molecular formula is C51H52N3O7S3+. The standard InChI is InChI=1S/C51H51N3O7S3/c1-50(2)45(53(30-10-32-59-63(55)56)43-26-18-35-12-5-7-16-41(35)47(43)50)28-20-37-14-9-15-38(49(37)61-39-22-24-40(25-23-39)62-34-52)21-29-46-51(3,4)48-42-17-8-6-13-36(42)19-27-44(48)54(46)31-11-33-60-64(57)58/h5-8,12-13,16-29H,9-11,14-15,30-33H2,1-4H3,(H-,55,56,57,58)/p+1. The number of hydrogen-bond donors (Lipinski definition) is 2. The molecule has 3 aliphatic rings. The number of nitrogens with zero attached hydrogens (tertiary/aromatic N) is 3. The number of hydrogen-bond acceptors (Lipinski definition) is 8. The van der Waals surface area contributed by atoms with E-state index in [4.69, 9.17) is 13.1 Å². The lowest BCUT2D eigenvalue weighted by Gasteiger charge is -2.27. The maximum Gasteiger partial charge on any atom is 0.301 e. The van der Waals surface area contributed by atoms with Gasteiger partial charge in [-0.1, -0.05) is 74.5 Å². The first kappa shape index (κ1) is 45.4. The number of benzene rings is 5. The number of thiocyanates is 1. The minimum absolute atomic E-state index is 0.144. The molecule has 10 nitrogen and oxygen atoms in total. The third kappa shape index (κ3) is 9.32. The van der Waals surface area contributed by atoms with Crippen molar-refractivity contribution in [1.29, 1.82) is 5.26 Å². The van der Waals surface area contributed by atoms with Crippen molar-refractivity contribution in [3.63, 3.8) is 0 Å². The fourth-order valence-corrected chi connectivity index (χ4v) is 10.6. The summed E-state index contributed by atoms with van der Waals surface area (Å²) in [5.41, 5.74) is 8.26. The number of ether oxygens (including phenoxy) is 1. The van der Waals surface area contributed by atoms with Crippen molar-refractivity contribution < 1.29 is 35.2 Å². The molecule has 0 bridgehead atoms. The summed E-state index contributed by atoms with van der Waals surface area (Å²) in [6.45, 7) is 10.5. The first-order valence-corrected chi connectivity index (χ1v) is 24.4. The number of thioether (sulfide) groups is 1. The minimum atomic E-state index is -2.33. The van der Waals surface area contributed by atoms with Crippen LogP contribution in [0, 0.1) is 10.7 Å². The van der Waals surface area contributed by atoms with Gasteiger partial charge in [0, 0.05) is 52.4 Å². The molecule has 2 aliphatic heterocycles. The molecule has 0 amide bonds. The highest BCUT2D eigenvalue weighted by atomic mass is 32.2. The Hall–Kier alpha value is -5.17. The van der Waals surface area contributed by atoms with Crippen LogP contribution in [0.15, 0.2) is 149 Å². The second-order valence-corrected chi connectivity index (χ2v) is 19.3. The molecule has 13 heteroatoms. The van der Waals surface area contributed by atoms with Crippen LogP contribution in [0.2, 0.25) is 0 Å². The van der Waals surface area contributed by atoms with Crippen molar-refractivity contribution in [3.8, 4) is 11.2 Å². The lowest BCUT2D eigenvalue weighted by Crippen LogP contribution is -2.28. The van der Waals surface area contributed by atoms with Gasteiger partial charge >= 0.3 is 22.7 Å². The molecule has 1 aliphatic carbocycles. The van der Waals surface area contributed by atoms with Crippen LogP contribution in [0.25, 0.3) is 21.5 Å². The van der Waals surface area contributed by atoms with Crippen molar-refractivity contribution in [2.24, 2.45) is 0 Å². The van der Waals surface area contributed by atoms with Crippen LogP contribution in [0.4, 0.5) is 11.4 Å². The lowest BCUT2D eigenvalue weighted by molar-refractivity contribution is -0.438. The molecule has 330 valence electrons. The first-order chi connectivity index (χ1) is 30.9. The van der Waals surface area contributed by atoms with E-state index in [2.05, 4.69) is 140 Å². The minimum Gasteiger partial charge on any atom is -0.457 e. The van der Waals surface area contributed by atoms with Crippen LogP contribution in [0.3, 0.4) is 0 Å². The van der Waals surface area contributed by atoms with E-state index < -0.39 is 22.7 Å². The normalized spacial score (nSPS) is 18.9. The smallest absolute Gasteiger partial charge is 0.301 e. The summed E-state index contributed by atoms with van der Waals surface area (Å²) < 4.78 is 60.7. The maximum absolute atomic E-state index is 11.4. The Morgan fingerprint density at radius 3 is 2.12 bits per heavy atom. The summed E-state index contributed by atoms with van der Waals surface area (Å²) >= 11 is -3.55. The zero-order chi connectivity index (χ0) is 45.0. The van der Waals surface area contributed by atoms with Crippen LogP contribution >= 0.6 is 11.8 Å². The van der Waals surface area contributed by atoms with Crippen molar-refractivity contribution >= 4 is 73.1 Å². The van der Waals surface area contributed by atoms with Gasteiger partial charge in [-0.15, -0.1) is 0 Å². The maximum atomic E-state index is 11.4. The number of rotatable bonds is 16. The van der Waals surface area contributed by atoms with Crippen LogP contribution in [0.1, 0.15) is 70.9 Å². The Morgan fingerprint density at radius 1 is 0.781 bits per heavy atom. The van der Waals surface area contributed by atoms with Gasteiger partial charge in [0.1, 0.15) is 16.9 Å². The highest BCUT2D eigenvalue weighted by Crippen LogP contribution is 2.51. The third-order valence-corrected chi connectivity index (χ3v) is 13.8. The molecule has 2 N–H and O–H groups in total. The molecule has 2 heterocycles. The monoisotopic (exact) mass is 914 g/mol. The van der Waals surface area contributed by atoms with Gasteiger partial charge in [0.25, 0.3) is 0 Å². The van der Waals surface area contributed by atoms with Gasteiger partial charge in [0.05, 0.1) is 18.6 Å². The molecule has 0 saturated carbocycles. The highest BCUT2D eigenvalue weighted by Gasteiger charge is 2.46. The average Bonchev–Trinajstić information content (AvgIpc) is 3.64. The SMILES string of the molecule is CC1(C)C(/C=C/C2=C(Oc3ccc(SC#N)cc3)C(=C/C=C3/N(CCCOS(=O)O)c4ccc5ccccc5c4C3(C)C)/CCC2)=[N+](CCCOS(=O)O)c2ccc3ccccc3c21. The van der Waals surface area contributed by atoms with Gasteiger partial charge in [-0.3, -0.25) is 17.5 Å². The molecular weight excluding hydrogens is 863 g/mol. The zero-order valence-corrected chi connectivity index (χ0v) is 38.9. The van der Waals surface area contributed by atoms with E-state index >= 15 is 0 Å². The van der Waals surface area contributed by atoms with Crippen molar-refractivity contribution in [2.45, 2.75) is 75.5 Å². The molecule has 5 aromatic rings. The molecule has 2 unspecified atom stereocenters. The van der Waals surface area contributed by atoms with Crippen LogP contribution < -0.4 is 9.64 Å². The number of fused-ring (bicyclic) bond motifs is 6. The van der Waals surface area contributed by atoms with Gasteiger partial charge in [-0.05, 0) is 138 Å². The Morgan fingerprint density at radius 2 is 1.44 bits per heavy atom. The molecule has 0 aromatic heterocycles. The zero-order valence-electron chi connectivity index (χ0n) is 36.4. The number of nitriles is 1. The summed E-state index contributed by atoms with van der Waals surface area (Å²) in [6.07, 6.45) is 12.4. The summed E-state index contributed by atoms with van der Waals surface area (Å²) in [5, 5.41) is 16.2. The predicted molar refractivity (Wildman–Crippen MR) is 258 cm³/mol. The highest BCUT2D eigenvalue weighted by molar-refractivity contribution is 8.03. The van der Waals surface area contributed by atoms with Gasteiger partial charge in [0.2, 0.25) is 5.69 Å². The second kappa shape index (κ2) is 19.5. The first-order valence-electron chi connectivity index (χ1n) is 21.5. The Bertz CT molecular complexity index is 2850. The van der Waals surface area contributed by atoms with Gasteiger partial charge in [0.15, 0.2) is 12.3 Å².